The molecule has 20 atom stereocenters. The Labute approximate surface area is 439 Å². The highest BCUT2D eigenvalue weighted by Gasteiger charge is 2.62. The molecule has 2 heterocycles. The van der Waals surface area contributed by atoms with Crippen molar-refractivity contribution in [1.82, 2.24) is 0 Å². The van der Waals surface area contributed by atoms with Crippen molar-refractivity contribution in [1.29, 1.82) is 0 Å². The van der Waals surface area contributed by atoms with Crippen molar-refractivity contribution < 1.29 is 120 Å². The Morgan fingerprint density at radius 2 is 0.813 bits per heavy atom. The molecule has 2 saturated heterocycles. The molecule has 12 unspecified atom stereocenters. The van der Waals surface area contributed by atoms with E-state index in [2.05, 4.69) is 13.8 Å². The van der Waals surface area contributed by atoms with Crippen LogP contribution in [0.1, 0.15) is 123 Å². The highest BCUT2D eigenvalue weighted by atomic mass is 16.8. The van der Waals surface area contributed by atoms with Crippen molar-refractivity contribution in [3.63, 3.8) is 0 Å². The van der Waals surface area contributed by atoms with Gasteiger partial charge >= 0.3 is 0 Å². The summed E-state index contributed by atoms with van der Waals surface area (Å²) in [7, 11) is 0. The van der Waals surface area contributed by atoms with Crippen LogP contribution in [-0.2, 0) is 37.9 Å². The number of hydrogen-bond donors (Lipinski definition) is 16. The van der Waals surface area contributed by atoms with E-state index < -0.39 is 173 Å². The molecule has 0 aromatic rings. The van der Waals surface area contributed by atoms with Crippen molar-refractivity contribution in [2.24, 2.45) is 23.7 Å². The summed E-state index contributed by atoms with van der Waals surface area (Å²) < 4.78 is 48.5. The molecule has 0 amide bonds. The Kier molecular flexibility index (Phi) is 29.8. The van der Waals surface area contributed by atoms with E-state index >= 15 is 0 Å². The molecule has 0 aromatic heterocycles. The molecule has 4 rings (SSSR count). The molecule has 440 valence electrons. The zero-order valence-corrected chi connectivity index (χ0v) is 43.6. The van der Waals surface area contributed by atoms with Crippen LogP contribution >= 0.6 is 0 Å². The van der Waals surface area contributed by atoms with Gasteiger partial charge in [0.05, 0.1) is 38.6 Å². The van der Waals surface area contributed by atoms with E-state index in [4.69, 9.17) is 48.1 Å². The van der Waals surface area contributed by atoms with Crippen molar-refractivity contribution in [2.45, 2.75) is 221 Å². The third kappa shape index (κ3) is 18.5. The molecule has 16 N–H and O–H groups in total. The summed E-state index contributed by atoms with van der Waals surface area (Å²) in [6.07, 6.45) is -13.9. The molecule has 0 radical (unpaired) electrons. The summed E-state index contributed by atoms with van der Waals surface area (Å²) in [5.41, 5.74) is 0. The van der Waals surface area contributed by atoms with Crippen LogP contribution in [0.2, 0.25) is 0 Å². The van der Waals surface area contributed by atoms with Crippen LogP contribution in [0.25, 0.3) is 0 Å². The van der Waals surface area contributed by atoms with E-state index in [0.717, 1.165) is 64.2 Å². The lowest BCUT2D eigenvalue weighted by atomic mass is 9.76. The summed E-state index contributed by atoms with van der Waals surface area (Å²) in [5.74, 6) is -6.18. The first-order valence-electron chi connectivity index (χ1n) is 27.2. The van der Waals surface area contributed by atoms with Crippen LogP contribution in [0.3, 0.4) is 0 Å². The summed E-state index contributed by atoms with van der Waals surface area (Å²) in [6.45, 7) is 2.89. The lowest BCUT2D eigenvalue weighted by Gasteiger charge is -2.48. The van der Waals surface area contributed by atoms with Gasteiger partial charge in [0.2, 0.25) is 12.6 Å². The van der Waals surface area contributed by atoms with E-state index in [1.807, 2.05) is 0 Å². The zero-order chi connectivity index (χ0) is 55.2. The Hall–Kier alpha value is -2.12. The zero-order valence-electron chi connectivity index (χ0n) is 43.6. The third-order valence-electron chi connectivity index (χ3n) is 15.0. The fourth-order valence-corrected chi connectivity index (χ4v) is 10.7. The number of hydrogen-bond acceptors (Lipinski definition) is 24. The van der Waals surface area contributed by atoms with Crippen LogP contribution in [0.4, 0.5) is 0 Å². The first-order chi connectivity index (χ1) is 36.0. The fraction of sp³-hybridized carbons (Fsp3) is 0.922. The summed E-state index contributed by atoms with van der Waals surface area (Å²) in [6, 6.07) is 0. The summed E-state index contributed by atoms with van der Waals surface area (Å²) in [5, 5.41) is 168. The van der Waals surface area contributed by atoms with Crippen LogP contribution in [0.15, 0.2) is 23.0 Å². The molecule has 24 nitrogen and oxygen atoms in total. The maximum atomic E-state index is 11.6. The first-order valence-corrected chi connectivity index (χ1v) is 27.2. The van der Waals surface area contributed by atoms with Crippen LogP contribution in [-0.4, -0.2) is 233 Å². The SMILES string of the molecule is CCCCCCCCCOCC1C(COCCCCCCCCC)C2CC1C(O[C@@H]1OC(CO)[C@@H](O[C@@H](O)/C(O)=C(\O)[C@H](O)CCO)C(O)C1O)C2O[C@@H]1OC(CO)[C@@H](O[C@@H](O)/C(O)=C(\O)[C@H](O)CCO)C(O)C1O. The monoisotopic (exact) mass is 1090 g/mol. The van der Waals surface area contributed by atoms with Crippen molar-refractivity contribution in [3.8, 4) is 0 Å². The Balaban J connectivity index is 1.62. The second-order valence-corrected chi connectivity index (χ2v) is 20.4. The minimum Gasteiger partial charge on any atom is -0.506 e. The van der Waals surface area contributed by atoms with Gasteiger partial charge in [-0.2, -0.15) is 0 Å². The standard InChI is InChI=1S/C51H92O24/c1-3-5-7-9-11-13-15-21-68-26-30-28-23-29(31(30)27-69-22-16-14-12-10-8-6-4-2)45(75-51-43(65)39(61)47(35(25-55)71-51)73-49(67)41(63)37(59)33(57)18-20-53)44(28)74-50-42(64)38(60)46(34(24-54)70-50)72-48(66)40(62)36(58)32(56)17-19-52/h28-35,38-39,42-67H,3-27H2,1-2H3/b40-36+,41-37+/t28?,29?,30?,31?,32-,33-,34?,35?,38?,39?,42?,43?,44?,45?,46-,47-,48-,49-,50+,51+/m1/s1. The van der Waals surface area contributed by atoms with E-state index in [0.29, 0.717) is 19.6 Å². The van der Waals surface area contributed by atoms with Gasteiger partial charge < -0.3 is 120 Å². The van der Waals surface area contributed by atoms with Gasteiger partial charge in [0.1, 0.15) is 61.0 Å². The topological polar surface area (TPSA) is 398 Å². The Morgan fingerprint density at radius 1 is 0.467 bits per heavy atom. The van der Waals surface area contributed by atoms with Gasteiger partial charge in [-0.05, 0) is 42.9 Å². The number of aliphatic hydroxyl groups excluding tert-OH is 16. The van der Waals surface area contributed by atoms with Gasteiger partial charge in [0.25, 0.3) is 0 Å². The smallest absolute Gasteiger partial charge is 0.218 e. The van der Waals surface area contributed by atoms with Crippen LogP contribution < -0.4 is 0 Å². The predicted octanol–water partition coefficient (Wildman–Crippen LogP) is 0.600. The second-order valence-electron chi connectivity index (χ2n) is 20.4. The largest absolute Gasteiger partial charge is 0.506 e. The second kappa shape index (κ2) is 34.1. The summed E-state index contributed by atoms with van der Waals surface area (Å²) >= 11 is 0. The lowest BCUT2D eigenvalue weighted by molar-refractivity contribution is -0.359. The fourth-order valence-electron chi connectivity index (χ4n) is 10.7. The average molecular weight is 1090 g/mol. The molecule has 75 heavy (non-hydrogen) atoms. The molecule has 2 saturated carbocycles. The van der Waals surface area contributed by atoms with E-state index in [9.17, 15) is 71.5 Å². The maximum absolute atomic E-state index is 11.6. The molecule has 2 aliphatic carbocycles. The number of rotatable bonds is 38. The number of fused-ring (bicyclic) bond motifs is 2. The lowest BCUT2D eigenvalue weighted by Crippen LogP contribution is -2.64. The molecule has 0 spiro atoms. The molecular weight excluding hydrogens is 997 g/mol. The molecular formula is C51H92O24. The molecule has 4 fully saturated rings. The number of ether oxygens (including phenoxy) is 8. The van der Waals surface area contributed by atoms with Crippen LogP contribution in [0.5, 0.6) is 0 Å². The molecule has 2 bridgehead atoms. The Morgan fingerprint density at radius 3 is 1.15 bits per heavy atom. The molecule has 0 aromatic carbocycles. The van der Waals surface area contributed by atoms with Gasteiger partial charge in [-0.25, -0.2) is 0 Å². The highest BCUT2D eigenvalue weighted by Crippen LogP contribution is 2.56. The van der Waals surface area contributed by atoms with Crippen molar-refractivity contribution in [2.75, 3.05) is 52.9 Å². The minimum atomic E-state index is -2.41. The highest BCUT2D eigenvalue weighted by molar-refractivity contribution is 5.10. The van der Waals surface area contributed by atoms with Crippen molar-refractivity contribution >= 4 is 0 Å². The third-order valence-corrected chi connectivity index (χ3v) is 15.0. The number of unbranched alkanes of at least 4 members (excludes halogenated alkanes) is 12. The molecule has 4 aliphatic rings. The van der Waals surface area contributed by atoms with Gasteiger partial charge in [0.15, 0.2) is 35.6 Å². The first kappa shape index (κ1) is 65.4. The molecule has 24 heteroatoms. The number of aliphatic hydroxyl groups is 16. The molecule has 2 aliphatic heterocycles. The van der Waals surface area contributed by atoms with E-state index in [1.165, 1.54) is 25.7 Å². The minimum absolute atomic E-state index is 0.243. The van der Waals surface area contributed by atoms with Gasteiger partial charge in [-0.3, -0.25) is 0 Å². The average Bonchev–Trinajstić information content (AvgIpc) is 3.93. The quantitative estimate of drug-likeness (QED) is 0.0229. The predicted molar refractivity (Wildman–Crippen MR) is 263 cm³/mol. The summed E-state index contributed by atoms with van der Waals surface area (Å²) in [4.78, 5) is 0. The van der Waals surface area contributed by atoms with Gasteiger partial charge in [-0.15, -0.1) is 0 Å². The van der Waals surface area contributed by atoms with Crippen molar-refractivity contribution in [3.05, 3.63) is 23.0 Å². The Bertz CT molecular complexity index is 1510. The normalized spacial score (nSPS) is 34.3. The van der Waals surface area contributed by atoms with Crippen LogP contribution in [0, 0.1) is 23.7 Å². The van der Waals surface area contributed by atoms with E-state index in [-0.39, 0.29) is 25.0 Å². The maximum Gasteiger partial charge on any atom is 0.218 e. The van der Waals surface area contributed by atoms with E-state index in [1.54, 1.807) is 0 Å². The van der Waals surface area contributed by atoms with Gasteiger partial charge in [0, 0.05) is 39.3 Å². The van der Waals surface area contributed by atoms with Gasteiger partial charge in [-0.1, -0.05) is 90.9 Å².